The third-order valence-electron chi connectivity index (χ3n) is 4.95. The number of hydrogen-bond donors (Lipinski definition) is 1. The molecule has 0 amide bonds. The van der Waals surface area contributed by atoms with Crippen LogP contribution in [0.25, 0.3) is 10.9 Å². The van der Waals surface area contributed by atoms with Gasteiger partial charge in [-0.3, -0.25) is 5.43 Å². The molecule has 6 heteroatoms. The summed E-state index contributed by atoms with van der Waals surface area (Å²) in [5, 5.41) is 5.49. The smallest absolute Gasteiger partial charge is 0.173 e. The largest absolute Gasteiger partial charge is 0.494 e. The number of ether oxygens (including phenoxy) is 1. The van der Waals surface area contributed by atoms with E-state index < -0.39 is 0 Å². The van der Waals surface area contributed by atoms with Crippen molar-refractivity contribution in [2.75, 3.05) is 26.1 Å². The Labute approximate surface area is 187 Å². The Morgan fingerprint density at radius 2 is 1.66 bits per heavy atom. The van der Waals surface area contributed by atoms with E-state index in [0.717, 1.165) is 22.2 Å². The van der Waals surface area contributed by atoms with Crippen molar-refractivity contribution in [1.82, 2.24) is 10.4 Å². The van der Waals surface area contributed by atoms with Crippen molar-refractivity contribution in [3.63, 3.8) is 0 Å². The minimum absolute atomic E-state index is 0.529. The van der Waals surface area contributed by atoms with Crippen LogP contribution in [0.15, 0.2) is 95.0 Å². The number of pyridine rings is 1. The molecule has 0 aliphatic carbocycles. The maximum atomic E-state index is 5.46. The molecule has 0 fully saturated rings. The number of para-hydroxylation sites is 3. The predicted molar refractivity (Wildman–Crippen MR) is 132 cm³/mol. The van der Waals surface area contributed by atoms with Gasteiger partial charge in [-0.2, -0.15) is 5.10 Å². The van der Waals surface area contributed by atoms with E-state index in [-0.39, 0.29) is 0 Å². The minimum atomic E-state index is 0.529. The van der Waals surface area contributed by atoms with E-state index in [4.69, 9.17) is 14.7 Å². The van der Waals surface area contributed by atoms with E-state index in [1.165, 1.54) is 0 Å². The zero-order chi connectivity index (χ0) is 22.3. The summed E-state index contributed by atoms with van der Waals surface area (Å²) in [6.45, 7) is 0. The van der Waals surface area contributed by atoms with Gasteiger partial charge in [0.25, 0.3) is 0 Å². The van der Waals surface area contributed by atoms with E-state index in [0.29, 0.717) is 23.0 Å². The molecule has 1 N–H and O–H groups in total. The highest BCUT2D eigenvalue weighted by Crippen LogP contribution is 2.27. The van der Waals surface area contributed by atoms with Crippen LogP contribution in [0.4, 0.5) is 11.4 Å². The van der Waals surface area contributed by atoms with Gasteiger partial charge in [-0.15, -0.1) is 0 Å². The Hall–Kier alpha value is -4.19. The summed E-state index contributed by atoms with van der Waals surface area (Å²) < 4.78 is 5.46. The average Bonchev–Trinajstić information content (AvgIpc) is 2.83. The highest BCUT2D eigenvalue weighted by atomic mass is 16.5. The number of hydrazone groups is 1. The van der Waals surface area contributed by atoms with Gasteiger partial charge in [-0.25, -0.2) is 9.98 Å². The van der Waals surface area contributed by atoms with Crippen LogP contribution >= 0.6 is 0 Å². The Morgan fingerprint density at radius 1 is 0.906 bits per heavy atom. The molecule has 0 aliphatic rings. The number of rotatable bonds is 6. The molecule has 1 aromatic heterocycles. The highest BCUT2D eigenvalue weighted by molar-refractivity contribution is 6.01. The number of benzene rings is 3. The summed E-state index contributed by atoms with van der Waals surface area (Å²) >= 11 is 0. The van der Waals surface area contributed by atoms with Crippen LogP contribution in [0, 0.1) is 0 Å². The van der Waals surface area contributed by atoms with Gasteiger partial charge in [0.05, 0.1) is 18.8 Å². The maximum absolute atomic E-state index is 5.46. The number of fused-ring (bicyclic) bond motifs is 1. The van der Waals surface area contributed by atoms with Crippen molar-refractivity contribution < 1.29 is 4.74 Å². The number of aliphatic imine (C=N–C) groups is 1. The molecule has 0 radical (unpaired) electrons. The zero-order valence-corrected chi connectivity index (χ0v) is 18.4. The molecule has 3 aromatic carbocycles. The first kappa shape index (κ1) is 21.1. The fourth-order valence-corrected chi connectivity index (χ4v) is 3.21. The highest BCUT2D eigenvalue weighted by Gasteiger charge is 2.09. The van der Waals surface area contributed by atoms with Crippen LogP contribution in [0.2, 0.25) is 0 Å². The van der Waals surface area contributed by atoms with Gasteiger partial charge in [0, 0.05) is 25.2 Å². The van der Waals surface area contributed by atoms with Crippen LogP contribution in [0.3, 0.4) is 0 Å². The van der Waals surface area contributed by atoms with Crippen LogP contribution in [-0.4, -0.2) is 38.2 Å². The summed E-state index contributed by atoms with van der Waals surface area (Å²) in [5.41, 5.74) is 7.46. The standard InChI is InChI=1S/C26H25N5O/c1-31(2)21-15-12-19(13-16-21)18-27-30-26(29-23-10-6-7-11-25(23)32-3)24-17-14-20-8-4-5-9-22(20)28-24/h4-18H,1-3H3,(H,29,30). The van der Waals surface area contributed by atoms with Crippen molar-refractivity contribution in [1.29, 1.82) is 0 Å². The van der Waals surface area contributed by atoms with Gasteiger partial charge in [0.1, 0.15) is 17.1 Å². The van der Waals surface area contributed by atoms with Crippen molar-refractivity contribution in [2.24, 2.45) is 10.1 Å². The molecule has 0 atom stereocenters. The molecule has 160 valence electrons. The fourth-order valence-electron chi connectivity index (χ4n) is 3.21. The zero-order valence-electron chi connectivity index (χ0n) is 18.4. The molecular formula is C26H25N5O. The summed E-state index contributed by atoms with van der Waals surface area (Å²) in [4.78, 5) is 11.6. The Kier molecular flexibility index (Phi) is 6.41. The summed E-state index contributed by atoms with van der Waals surface area (Å²) in [6.07, 6.45) is 1.76. The number of methoxy groups -OCH3 is 1. The molecule has 1 heterocycles. The van der Waals surface area contributed by atoms with E-state index in [1.807, 2.05) is 86.9 Å². The van der Waals surface area contributed by atoms with Gasteiger partial charge < -0.3 is 9.64 Å². The number of aromatic nitrogens is 1. The number of nitrogens with one attached hydrogen (secondary N) is 1. The van der Waals surface area contributed by atoms with E-state index >= 15 is 0 Å². The molecular weight excluding hydrogens is 398 g/mol. The van der Waals surface area contributed by atoms with E-state index in [9.17, 15) is 0 Å². The maximum Gasteiger partial charge on any atom is 0.173 e. The third-order valence-corrected chi connectivity index (χ3v) is 4.95. The van der Waals surface area contributed by atoms with Crippen LogP contribution < -0.4 is 15.1 Å². The summed E-state index contributed by atoms with van der Waals surface area (Å²) in [6, 6.07) is 27.7. The molecule has 32 heavy (non-hydrogen) atoms. The van der Waals surface area contributed by atoms with Crippen molar-refractivity contribution in [2.45, 2.75) is 0 Å². The van der Waals surface area contributed by atoms with Gasteiger partial charge in [-0.05, 0) is 42.0 Å². The second kappa shape index (κ2) is 9.75. The van der Waals surface area contributed by atoms with Crippen molar-refractivity contribution >= 4 is 34.3 Å². The van der Waals surface area contributed by atoms with E-state index in [2.05, 4.69) is 27.6 Å². The van der Waals surface area contributed by atoms with Gasteiger partial charge in [0.2, 0.25) is 0 Å². The second-order valence-electron chi connectivity index (χ2n) is 7.38. The number of hydrogen-bond acceptors (Lipinski definition) is 5. The summed E-state index contributed by atoms with van der Waals surface area (Å²) in [7, 11) is 5.66. The number of nitrogens with zero attached hydrogens (tertiary/aromatic N) is 4. The van der Waals surface area contributed by atoms with Crippen LogP contribution in [-0.2, 0) is 0 Å². The van der Waals surface area contributed by atoms with Crippen molar-refractivity contribution in [3.8, 4) is 5.75 Å². The van der Waals surface area contributed by atoms with Crippen LogP contribution in [0.5, 0.6) is 5.75 Å². The molecule has 0 aliphatic heterocycles. The molecule has 0 unspecified atom stereocenters. The molecule has 6 nitrogen and oxygen atoms in total. The Balaban J connectivity index is 1.67. The lowest BCUT2D eigenvalue weighted by Crippen LogP contribution is -2.20. The quantitative estimate of drug-likeness (QED) is 0.269. The second-order valence-corrected chi connectivity index (χ2v) is 7.38. The average molecular weight is 424 g/mol. The topological polar surface area (TPSA) is 62.1 Å². The molecule has 0 saturated heterocycles. The van der Waals surface area contributed by atoms with Gasteiger partial charge in [-0.1, -0.05) is 48.5 Å². The first-order chi connectivity index (χ1) is 15.6. The van der Waals surface area contributed by atoms with Crippen molar-refractivity contribution in [3.05, 3.63) is 96.2 Å². The first-order valence-corrected chi connectivity index (χ1v) is 10.3. The normalized spacial score (nSPS) is 11.7. The molecule has 4 rings (SSSR count). The lowest BCUT2D eigenvalue weighted by molar-refractivity contribution is 0.416. The SMILES string of the molecule is COc1ccccc1N=C(NN=Cc1ccc(N(C)C)cc1)c1ccc2ccccc2n1. The predicted octanol–water partition coefficient (Wildman–Crippen LogP) is 5.01. The monoisotopic (exact) mass is 423 g/mol. The summed E-state index contributed by atoms with van der Waals surface area (Å²) in [5.74, 6) is 1.21. The molecule has 0 bridgehead atoms. The van der Waals surface area contributed by atoms with Crippen LogP contribution in [0.1, 0.15) is 11.3 Å². The molecule has 0 spiro atoms. The number of anilines is 1. The number of amidine groups is 1. The van der Waals surface area contributed by atoms with Gasteiger partial charge >= 0.3 is 0 Å². The minimum Gasteiger partial charge on any atom is -0.494 e. The Morgan fingerprint density at radius 3 is 2.44 bits per heavy atom. The lowest BCUT2D eigenvalue weighted by atomic mass is 10.2. The molecule has 4 aromatic rings. The third kappa shape index (κ3) is 4.92. The Bertz CT molecular complexity index is 1260. The lowest BCUT2D eigenvalue weighted by Gasteiger charge is -2.11. The molecule has 0 saturated carbocycles. The van der Waals surface area contributed by atoms with E-state index in [1.54, 1.807) is 13.3 Å². The first-order valence-electron chi connectivity index (χ1n) is 10.3. The fraction of sp³-hybridized carbons (Fsp3) is 0.115. The van der Waals surface area contributed by atoms with Gasteiger partial charge in [0.15, 0.2) is 5.84 Å².